The Balaban J connectivity index is 1.81. The SMILES string of the molecule is COc1ccc(C)c2sc(N(Cc3ccccn3)C(=O)c3ccc(F)cc3)nc12. The topological polar surface area (TPSA) is 55.3 Å². The van der Waals surface area contributed by atoms with E-state index in [9.17, 15) is 9.18 Å². The van der Waals surface area contributed by atoms with Gasteiger partial charge >= 0.3 is 0 Å². The minimum absolute atomic E-state index is 0.248. The highest BCUT2D eigenvalue weighted by Crippen LogP contribution is 2.37. The molecule has 4 rings (SSSR count). The number of thiazole rings is 1. The number of fused-ring (bicyclic) bond motifs is 1. The Morgan fingerprint density at radius 3 is 2.62 bits per heavy atom. The van der Waals surface area contributed by atoms with Crippen LogP contribution in [0.25, 0.3) is 10.2 Å². The molecule has 146 valence electrons. The first-order valence-corrected chi connectivity index (χ1v) is 9.80. The number of anilines is 1. The van der Waals surface area contributed by atoms with Crippen LogP contribution >= 0.6 is 11.3 Å². The molecule has 5 nitrogen and oxygen atoms in total. The quantitative estimate of drug-likeness (QED) is 0.467. The van der Waals surface area contributed by atoms with E-state index >= 15 is 0 Å². The fraction of sp³-hybridized carbons (Fsp3) is 0.136. The van der Waals surface area contributed by atoms with E-state index in [0.29, 0.717) is 22.0 Å². The lowest BCUT2D eigenvalue weighted by Gasteiger charge is -2.19. The van der Waals surface area contributed by atoms with Crippen molar-refractivity contribution >= 4 is 32.6 Å². The van der Waals surface area contributed by atoms with E-state index in [-0.39, 0.29) is 12.5 Å². The van der Waals surface area contributed by atoms with Crippen LogP contribution in [0.15, 0.2) is 60.8 Å². The number of rotatable bonds is 5. The third kappa shape index (κ3) is 3.82. The summed E-state index contributed by atoms with van der Waals surface area (Å²) in [6.07, 6.45) is 1.68. The lowest BCUT2D eigenvalue weighted by molar-refractivity contribution is 0.0984. The summed E-state index contributed by atoms with van der Waals surface area (Å²) < 4.78 is 19.7. The number of amides is 1. The summed E-state index contributed by atoms with van der Waals surface area (Å²) in [5.74, 6) is -0.00961. The van der Waals surface area contributed by atoms with E-state index in [2.05, 4.69) is 4.98 Å². The highest BCUT2D eigenvalue weighted by Gasteiger charge is 2.23. The molecule has 0 unspecified atom stereocenters. The number of hydrogen-bond donors (Lipinski definition) is 0. The molecule has 0 N–H and O–H groups in total. The number of hydrogen-bond acceptors (Lipinski definition) is 5. The monoisotopic (exact) mass is 407 g/mol. The molecule has 0 atom stereocenters. The molecule has 0 aliphatic heterocycles. The molecule has 0 bridgehead atoms. The molecule has 4 aromatic rings. The molecular weight excluding hydrogens is 389 g/mol. The van der Waals surface area contributed by atoms with Gasteiger partial charge in [0.05, 0.1) is 24.0 Å². The van der Waals surface area contributed by atoms with Crippen molar-refractivity contribution in [3.8, 4) is 5.75 Å². The van der Waals surface area contributed by atoms with Gasteiger partial charge in [0.2, 0.25) is 0 Å². The molecule has 0 saturated heterocycles. The number of halogens is 1. The van der Waals surface area contributed by atoms with Crippen LogP contribution in [0.3, 0.4) is 0 Å². The standard InChI is InChI=1S/C22H18FN3O2S/c1-14-6-11-18(28-2)19-20(14)29-22(25-19)26(13-17-5-3-4-12-24-17)21(27)15-7-9-16(23)10-8-15/h3-12H,13H2,1-2H3. The normalized spacial score (nSPS) is 10.9. The number of benzene rings is 2. The predicted octanol–water partition coefficient (Wildman–Crippen LogP) is 4.99. The maximum Gasteiger partial charge on any atom is 0.260 e. The fourth-order valence-electron chi connectivity index (χ4n) is 3.01. The van der Waals surface area contributed by atoms with Crippen molar-refractivity contribution in [1.82, 2.24) is 9.97 Å². The number of pyridine rings is 1. The summed E-state index contributed by atoms with van der Waals surface area (Å²) in [5, 5.41) is 0.535. The number of ether oxygens (including phenoxy) is 1. The van der Waals surface area contributed by atoms with Gasteiger partial charge in [-0.25, -0.2) is 9.37 Å². The van der Waals surface area contributed by atoms with Gasteiger partial charge in [0.1, 0.15) is 17.1 Å². The Hall–Kier alpha value is -3.32. The molecule has 2 aromatic carbocycles. The van der Waals surface area contributed by atoms with E-state index in [1.165, 1.54) is 35.6 Å². The third-order valence-corrected chi connectivity index (χ3v) is 5.74. The van der Waals surface area contributed by atoms with E-state index in [1.807, 2.05) is 37.3 Å². The number of nitrogens with zero attached hydrogens (tertiary/aromatic N) is 3. The van der Waals surface area contributed by atoms with Crippen LogP contribution in [0.1, 0.15) is 21.6 Å². The van der Waals surface area contributed by atoms with Crippen molar-refractivity contribution in [1.29, 1.82) is 0 Å². The lowest BCUT2D eigenvalue weighted by Crippen LogP contribution is -2.30. The Morgan fingerprint density at radius 2 is 1.93 bits per heavy atom. The van der Waals surface area contributed by atoms with Crippen LogP contribution in [0.2, 0.25) is 0 Å². The predicted molar refractivity (Wildman–Crippen MR) is 112 cm³/mol. The van der Waals surface area contributed by atoms with Crippen molar-refractivity contribution in [3.05, 3.63) is 83.4 Å². The third-order valence-electron chi connectivity index (χ3n) is 4.53. The second-order valence-electron chi connectivity index (χ2n) is 6.48. The molecule has 0 fully saturated rings. The molecule has 0 aliphatic rings. The average molecular weight is 407 g/mol. The molecule has 7 heteroatoms. The van der Waals surface area contributed by atoms with Gasteiger partial charge in [0, 0.05) is 11.8 Å². The van der Waals surface area contributed by atoms with Gasteiger partial charge in [-0.2, -0.15) is 0 Å². The van der Waals surface area contributed by atoms with Crippen molar-refractivity contribution in [3.63, 3.8) is 0 Å². The Labute approximate surface area is 171 Å². The maximum atomic E-state index is 13.3. The maximum absolute atomic E-state index is 13.3. The Morgan fingerprint density at radius 1 is 1.14 bits per heavy atom. The van der Waals surface area contributed by atoms with Gasteiger partial charge in [-0.15, -0.1) is 0 Å². The summed E-state index contributed by atoms with van der Waals surface area (Å²) >= 11 is 1.42. The van der Waals surface area contributed by atoms with Crippen LogP contribution in [0.5, 0.6) is 5.75 Å². The molecule has 2 aromatic heterocycles. The number of aryl methyl sites for hydroxylation is 1. The summed E-state index contributed by atoms with van der Waals surface area (Å²) in [5.41, 5.74) is 2.87. The van der Waals surface area contributed by atoms with E-state index in [4.69, 9.17) is 9.72 Å². The van der Waals surface area contributed by atoms with Gasteiger partial charge in [0.15, 0.2) is 5.13 Å². The smallest absolute Gasteiger partial charge is 0.260 e. The highest BCUT2D eigenvalue weighted by molar-refractivity contribution is 7.22. The minimum Gasteiger partial charge on any atom is -0.494 e. The van der Waals surface area contributed by atoms with Crippen LogP contribution in [0.4, 0.5) is 9.52 Å². The lowest BCUT2D eigenvalue weighted by atomic mass is 10.2. The highest BCUT2D eigenvalue weighted by atomic mass is 32.1. The number of carbonyl (C=O) groups excluding carboxylic acids is 1. The largest absolute Gasteiger partial charge is 0.494 e. The van der Waals surface area contributed by atoms with Crippen LogP contribution in [-0.4, -0.2) is 23.0 Å². The van der Waals surface area contributed by atoms with Crippen LogP contribution < -0.4 is 9.64 Å². The van der Waals surface area contributed by atoms with Crippen LogP contribution in [0, 0.1) is 12.7 Å². The summed E-state index contributed by atoms with van der Waals surface area (Å²) in [6, 6.07) is 14.9. The van der Waals surface area contributed by atoms with Crippen molar-refractivity contribution in [2.75, 3.05) is 12.0 Å². The van der Waals surface area contributed by atoms with Gasteiger partial charge in [-0.3, -0.25) is 14.7 Å². The van der Waals surface area contributed by atoms with Gasteiger partial charge < -0.3 is 4.74 Å². The second kappa shape index (κ2) is 7.97. The van der Waals surface area contributed by atoms with E-state index in [1.54, 1.807) is 18.2 Å². The first kappa shape index (κ1) is 19.0. The molecular formula is C22H18FN3O2S. The Kier molecular flexibility index (Phi) is 5.22. The molecule has 1 amide bonds. The Bertz CT molecular complexity index is 1160. The first-order chi connectivity index (χ1) is 14.1. The fourth-order valence-corrected chi connectivity index (χ4v) is 4.06. The van der Waals surface area contributed by atoms with Gasteiger partial charge in [0.25, 0.3) is 5.91 Å². The van der Waals surface area contributed by atoms with Gasteiger partial charge in [-0.05, 0) is 55.0 Å². The zero-order valence-corrected chi connectivity index (χ0v) is 16.7. The second-order valence-corrected chi connectivity index (χ2v) is 7.46. The van der Waals surface area contributed by atoms with Crippen LogP contribution in [-0.2, 0) is 6.54 Å². The zero-order chi connectivity index (χ0) is 20.4. The molecule has 0 aliphatic carbocycles. The molecule has 29 heavy (non-hydrogen) atoms. The summed E-state index contributed by atoms with van der Waals surface area (Å²) in [6.45, 7) is 2.24. The molecule has 0 spiro atoms. The summed E-state index contributed by atoms with van der Waals surface area (Å²) in [4.78, 5) is 23.9. The molecule has 2 heterocycles. The van der Waals surface area contributed by atoms with Gasteiger partial charge in [-0.1, -0.05) is 23.5 Å². The molecule has 0 radical (unpaired) electrons. The minimum atomic E-state index is -0.391. The first-order valence-electron chi connectivity index (χ1n) is 8.98. The molecule has 0 saturated carbocycles. The number of carbonyl (C=O) groups is 1. The van der Waals surface area contributed by atoms with Crippen molar-refractivity contribution < 1.29 is 13.9 Å². The van der Waals surface area contributed by atoms with E-state index < -0.39 is 5.82 Å². The average Bonchev–Trinajstić information content (AvgIpc) is 3.19. The zero-order valence-electron chi connectivity index (χ0n) is 15.9. The van der Waals surface area contributed by atoms with E-state index in [0.717, 1.165) is 16.0 Å². The summed E-state index contributed by atoms with van der Waals surface area (Å²) in [7, 11) is 1.60. The number of methoxy groups -OCH3 is 1. The van der Waals surface area contributed by atoms with Crippen molar-refractivity contribution in [2.24, 2.45) is 0 Å². The van der Waals surface area contributed by atoms with Crippen molar-refractivity contribution in [2.45, 2.75) is 13.5 Å². The number of aromatic nitrogens is 2.